The van der Waals surface area contributed by atoms with Gasteiger partial charge in [-0.15, -0.1) is 0 Å². The number of benzene rings is 4. The second-order valence-corrected chi connectivity index (χ2v) is 11.7. The van der Waals surface area contributed by atoms with E-state index in [0.717, 1.165) is 27.8 Å². The van der Waals surface area contributed by atoms with Crippen LogP contribution >= 0.6 is 0 Å². The molecule has 0 bridgehead atoms. The molecule has 0 heterocycles. The Morgan fingerprint density at radius 1 is 0.763 bits per heavy atom. The lowest BCUT2D eigenvalue weighted by Gasteiger charge is -2.27. The van der Waals surface area contributed by atoms with Gasteiger partial charge in [0.05, 0.1) is 16.6 Å². The Morgan fingerprint density at radius 2 is 1.37 bits per heavy atom. The number of rotatable bonds is 9. The molecule has 0 aliphatic carbocycles. The van der Waals surface area contributed by atoms with Gasteiger partial charge in [0, 0.05) is 0 Å². The number of anilines is 1. The van der Waals surface area contributed by atoms with Crippen LogP contribution in [0.2, 0.25) is 0 Å². The first kappa shape index (κ1) is 27.1. The molecule has 1 amide bonds. The lowest BCUT2D eigenvalue weighted by Crippen LogP contribution is -2.42. The van der Waals surface area contributed by atoms with Crippen molar-refractivity contribution in [1.29, 1.82) is 0 Å². The summed E-state index contributed by atoms with van der Waals surface area (Å²) in [4.78, 5) is 13.7. The van der Waals surface area contributed by atoms with Crippen molar-refractivity contribution in [3.8, 4) is 0 Å². The molecule has 1 atom stereocenters. The van der Waals surface area contributed by atoms with Crippen LogP contribution in [0, 0.1) is 13.8 Å². The van der Waals surface area contributed by atoms with Crippen LogP contribution in [-0.4, -0.2) is 20.9 Å². The number of carbonyl (C=O) groups excluding carboxylic acids is 1. The highest BCUT2D eigenvalue weighted by Gasteiger charge is 2.29. The van der Waals surface area contributed by atoms with Crippen LogP contribution in [0.15, 0.2) is 108 Å². The largest absolute Gasteiger partial charge is 0.344 e. The highest BCUT2D eigenvalue weighted by atomic mass is 32.2. The van der Waals surface area contributed by atoms with E-state index in [2.05, 4.69) is 19.2 Å². The third kappa shape index (κ3) is 6.14. The van der Waals surface area contributed by atoms with E-state index in [1.54, 1.807) is 36.4 Å². The van der Waals surface area contributed by atoms with Crippen LogP contribution < -0.4 is 9.62 Å². The smallest absolute Gasteiger partial charge is 0.264 e. The van der Waals surface area contributed by atoms with Crippen molar-refractivity contribution >= 4 is 21.6 Å². The summed E-state index contributed by atoms with van der Waals surface area (Å²) >= 11 is 0. The average Bonchev–Trinajstić information content (AvgIpc) is 2.91. The maximum absolute atomic E-state index is 13.8. The van der Waals surface area contributed by atoms with E-state index >= 15 is 0 Å². The number of aryl methyl sites for hydroxylation is 2. The van der Waals surface area contributed by atoms with Gasteiger partial charge in [0.25, 0.3) is 10.0 Å². The molecule has 196 valence electrons. The molecule has 0 saturated carbocycles. The fourth-order valence-corrected chi connectivity index (χ4v) is 5.83. The minimum atomic E-state index is -4.00. The Labute approximate surface area is 226 Å². The molecule has 6 heteroatoms. The summed E-state index contributed by atoms with van der Waals surface area (Å²) in [5.74, 6) is -0.0963. The minimum Gasteiger partial charge on any atom is -0.344 e. The van der Waals surface area contributed by atoms with Crippen LogP contribution in [0.4, 0.5) is 5.69 Å². The van der Waals surface area contributed by atoms with Gasteiger partial charge < -0.3 is 5.32 Å². The van der Waals surface area contributed by atoms with Crippen LogP contribution in [0.1, 0.15) is 53.6 Å². The van der Waals surface area contributed by atoms with Crippen molar-refractivity contribution in [3.63, 3.8) is 0 Å². The van der Waals surface area contributed by atoms with Gasteiger partial charge in [-0.3, -0.25) is 9.10 Å². The molecular formula is C32H34N2O3S. The SMILES string of the molecule is Cc1ccc(S(=O)(=O)N(CC(=O)NC(c2ccccc2)c2ccccc2C)c2ccc(C(C)C)cc2)cc1. The Balaban J connectivity index is 1.70. The maximum atomic E-state index is 13.8. The number of amides is 1. The molecule has 1 unspecified atom stereocenters. The average molecular weight is 527 g/mol. The van der Waals surface area contributed by atoms with Gasteiger partial charge in [0.1, 0.15) is 6.54 Å². The molecule has 0 aliphatic heterocycles. The Hall–Kier alpha value is -3.90. The second kappa shape index (κ2) is 11.7. The zero-order valence-corrected chi connectivity index (χ0v) is 23.1. The number of nitrogens with zero attached hydrogens (tertiary/aromatic N) is 1. The molecule has 0 aliphatic rings. The Bertz CT molecular complexity index is 1480. The standard InChI is InChI=1S/C32H34N2O3S/c1-23(2)26-16-18-28(19-17-26)34(38(36,37)29-20-14-24(3)15-21-29)22-31(35)33-32(27-11-6-5-7-12-27)30-13-9-8-10-25(30)4/h5-21,23,32H,22H2,1-4H3,(H,33,35). The first-order chi connectivity index (χ1) is 18.2. The number of carbonyl (C=O) groups is 1. The number of hydrogen-bond donors (Lipinski definition) is 1. The summed E-state index contributed by atoms with van der Waals surface area (Å²) in [6, 6.07) is 31.2. The summed E-state index contributed by atoms with van der Waals surface area (Å²) in [6.45, 7) is 7.72. The molecule has 0 aromatic heterocycles. The van der Waals surface area contributed by atoms with Gasteiger partial charge in [0.15, 0.2) is 0 Å². The Kier molecular flexibility index (Phi) is 8.32. The number of nitrogens with one attached hydrogen (secondary N) is 1. The highest BCUT2D eigenvalue weighted by molar-refractivity contribution is 7.92. The lowest BCUT2D eigenvalue weighted by molar-refractivity contribution is -0.120. The fraction of sp³-hybridized carbons (Fsp3) is 0.219. The molecule has 4 aromatic rings. The van der Waals surface area contributed by atoms with E-state index in [-0.39, 0.29) is 11.4 Å². The summed E-state index contributed by atoms with van der Waals surface area (Å²) in [5.41, 5.74) is 5.41. The molecule has 5 nitrogen and oxygen atoms in total. The zero-order valence-electron chi connectivity index (χ0n) is 22.3. The predicted octanol–water partition coefficient (Wildman–Crippen LogP) is 6.53. The topological polar surface area (TPSA) is 66.5 Å². The first-order valence-electron chi connectivity index (χ1n) is 12.8. The predicted molar refractivity (Wildman–Crippen MR) is 154 cm³/mol. The summed E-state index contributed by atoms with van der Waals surface area (Å²) < 4.78 is 28.8. The summed E-state index contributed by atoms with van der Waals surface area (Å²) in [6.07, 6.45) is 0. The van der Waals surface area contributed by atoms with Gasteiger partial charge in [-0.1, -0.05) is 98.3 Å². The van der Waals surface area contributed by atoms with Gasteiger partial charge in [-0.25, -0.2) is 8.42 Å². The Morgan fingerprint density at radius 3 is 1.97 bits per heavy atom. The molecule has 0 saturated heterocycles. The molecule has 0 fully saturated rings. The van der Waals surface area contributed by atoms with E-state index in [1.165, 1.54) is 4.31 Å². The normalized spacial score (nSPS) is 12.2. The van der Waals surface area contributed by atoms with E-state index in [9.17, 15) is 13.2 Å². The highest BCUT2D eigenvalue weighted by Crippen LogP contribution is 2.28. The van der Waals surface area contributed by atoms with Gasteiger partial charge in [-0.2, -0.15) is 0 Å². The molecule has 4 rings (SSSR count). The summed E-state index contributed by atoms with van der Waals surface area (Å²) in [7, 11) is -4.00. The van der Waals surface area contributed by atoms with Crippen LogP contribution in [-0.2, 0) is 14.8 Å². The second-order valence-electron chi connectivity index (χ2n) is 9.84. The van der Waals surface area contributed by atoms with E-state index in [1.807, 2.05) is 80.6 Å². The van der Waals surface area contributed by atoms with E-state index in [0.29, 0.717) is 11.6 Å². The van der Waals surface area contributed by atoms with Gasteiger partial charge >= 0.3 is 0 Å². The third-order valence-corrected chi connectivity index (χ3v) is 8.47. The number of sulfonamides is 1. The third-order valence-electron chi connectivity index (χ3n) is 6.68. The minimum absolute atomic E-state index is 0.141. The molecule has 0 radical (unpaired) electrons. The molecular weight excluding hydrogens is 492 g/mol. The van der Waals surface area contributed by atoms with E-state index < -0.39 is 22.0 Å². The molecule has 1 N–H and O–H groups in total. The van der Waals surface area contributed by atoms with Crippen molar-refractivity contribution in [2.45, 2.75) is 44.6 Å². The lowest BCUT2D eigenvalue weighted by atomic mass is 9.95. The van der Waals surface area contributed by atoms with Crippen molar-refractivity contribution in [2.75, 3.05) is 10.8 Å². The monoisotopic (exact) mass is 526 g/mol. The summed E-state index contributed by atoms with van der Waals surface area (Å²) in [5, 5.41) is 3.11. The fourth-order valence-electron chi connectivity index (χ4n) is 4.41. The van der Waals surface area contributed by atoms with Crippen molar-refractivity contribution in [1.82, 2.24) is 5.32 Å². The molecule has 4 aromatic carbocycles. The quantitative estimate of drug-likeness (QED) is 0.270. The van der Waals surface area contributed by atoms with Gasteiger partial charge in [-0.05, 0) is 66.3 Å². The van der Waals surface area contributed by atoms with Crippen molar-refractivity contribution in [2.24, 2.45) is 0 Å². The molecule has 0 spiro atoms. The van der Waals surface area contributed by atoms with E-state index in [4.69, 9.17) is 0 Å². The van der Waals surface area contributed by atoms with Crippen LogP contribution in [0.25, 0.3) is 0 Å². The van der Waals surface area contributed by atoms with Crippen molar-refractivity contribution in [3.05, 3.63) is 131 Å². The molecule has 38 heavy (non-hydrogen) atoms. The van der Waals surface area contributed by atoms with Crippen molar-refractivity contribution < 1.29 is 13.2 Å². The zero-order chi connectivity index (χ0) is 27.3. The maximum Gasteiger partial charge on any atom is 0.264 e. The van der Waals surface area contributed by atoms with Crippen LogP contribution in [0.3, 0.4) is 0 Å². The number of hydrogen-bond acceptors (Lipinski definition) is 3. The van der Waals surface area contributed by atoms with Gasteiger partial charge in [0.2, 0.25) is 5.91 Å². The first-order valence-corrected chi connectivity index (χ1v) is 14.2. The van der Waals surface area contributed by atoms with Crippen LogP contribution in [0.5, 0.6) is 0 Å².